The van der Waals surface area contributed by atoms with E-state index in [2.05, 4.69) is 4.98 Å². The molecule has 0 amide bonds. The van der Waals surface area contributed by atoms with E-state index in [-0.39, 0.29) is 28.6 Å². The number of aromatic nitrogens is 2. The Hall–Kier alpha value is -3.20. The lowest BCUT2D eigenvalue weighted by atomic mass is 10.0. The molecule has 9 heteroatoms. The van der Waals surface area contributed by atoms with Gasteiger partial charge in [-0.3, -0.25) is 0 Å². The minimum atomic E-state index is -3.81. The average Bonchev–Trinajstić information content (AvgIpc) is 3.25. The molecule has 0 aliphatic carbocycles. The van der Waals surface area contributed by atoms with Crippen LogP contribution in [0, 0.1) is 0 Å². The first-order valence-electron chi connectivity index (χ1n) is 10.4. The molecule has 0 N–H and O–H groups in total. The van der Waals surface area contributed by atoms with E-state index in [0.717, 1.165) is 16.8 Å². The summed E-state index contributed by atoms with van der Waals surface area (Å²) in [5.74, 6) is -0.710. The molecule has 4 aromatic rings. The highest BCUT2D eigenvalue weighted by Gasteiger charge is 2.29. The summed E-state index contributed by atoms with van der Waals surface area (Å²) < 4.78 is 35.2. The van der Waals surface area contributed by atoms with Crippen molar-refractivity contribution in [3.05, 3.63) is 100 Å². The van der Waals surface area contributed by atoms with Gasteiger partial charge >= 0.3 is 5.97 Å². The van der Waals surface area contributed by atoms with Gasteiger partial charge in [-0.1, -0.05) is 41.9 Å². The molecule has 1 aliphatic rings. The lowest BCUT2D eigenvalue weighted by molar-refractivity contribution is 0.0468. The number of rotatable bonds is 5. The molecule has 0 saturated carbocycles. The molecular weight excluding hydrogens is 462 g/mol. The second-order valence-corrected chi connectivity index (χ2v) is 10.1. The smallest absolute Gasteiger partial charge is 0.340 e. The van der Waals surface area contributed by atoms with Crippen LogP contribution in [0.4, 0.5) is 0 Å². The summed E-state index contributed by atoms with van der Waals surface area (Å²) in [7, 11) is -3.81. The Morgan fingerprint density at radius 2 is 1.85 bits per heavy atom. The van der Waals surface area contributed by atoms with E-state index in [1.54, 1.807) is 6.20 Å². The van der Waals surface area contributed by atoms with Crippen molar-refractivity contribution in [2.24, 2.45) is 0 Å². The molecule has 33 heavy (non-hydrogen) atoms. The fourth-order valence-electron chi connectivity index (χ4n) is 3.92. The summed E-state index contributed by atoms with van der Waals surface area (Å²) in [5, 5.41) is 0.123. The number of pyridine rings is 1. The monoisotopic (exact) mass is 481 g/mol. The highest BCUT2D eigenvalue weighted by Crippen LogP contribution is 2.28. The normalized spacial score (nSPS) is 14.2. The van der Waals surface area contributed by atoms with Crippen molar-refractivity contribution in [3.63, 3.8) is 0 Å². The van der Waals surface area contributed by atoms with Crippen molar-refractivity contribution in [2.45, 2.75) is 24.5 Å². The van der Waals surface area contributed by atoms with Crippen molar-refractivity contribution < 1.29 is 17.9 Å². The first-order chi connectivity index (χ1) is 15.9. The lowest BCUT2D eigenvalue weighted by Crippen LogP contribution is -2.36. The third-order valence-electron chi connectivity index (χ3n) is 5.66. The molecule has 1 aliphatic heterocycles. The predicted molar refractivity (Wildman–Crippen MR) is 124 cm³/mol. The zero-order chi connectivity index (χ0) is 23.0. The molecule has 0 saturated heterocycles. The molecule has 2 aromatic heterocycles. The van der Waals surface area contributed by atoms with Gasteiger partial charge in [-0.2, -0.15) is 4.31 Å². The van der Waals surface area contributed by atoms with Crippen LogP contribution < -0.4 is 0 Å². The van der Waals surface area contributed by atoms with Crippen LogP contribution in [-0.2, 0) is 34.3 Å². The Morgan fingerprint density at radius 1 is 1.06 bits per heavy atom. The van der Waals surface area contributed by atoms with Gasteiger partial charge < -0.3 is 9.14 Å². The maximum Gasteiger partial charge on any atom is 0.340 e. The Bertz CT molecular complexity index is 1430. The van der Waals surface area contributed by atoms with Gasteiger partial charge in [0, 0.05) is 25.5 Å². The van der Waals surface area contributed by atoms with Gasteiger partial charge in [0.2, 0.25) is 10.0 Å². The number of hydrogen-bond donors (Lipinski definition) is 0. The van der Waals surface area contributed by atoms with Crippen LogP contribution in [0.5, 0.6) is 0 Å². The van der Waals surface area contributed by atoms with Gasteiger partial charge in [-0.25, -0.2) is 18.2 Å². The largest absolute Gasteiger partial charge is 0.455 e. The molecule has 5 rings (SSSR count). The Labute approximate surface area is 196 Å². The van der Waals surface area contributed by atoms with Gasteiger partial charge in [0.05, 0.1) is 21.2 Å². The second kappa shape index (κ2) is 8.62. The summed E-state index contributed by atoms with van der Waals surface area (Å²) in [4.78, 5) is 17.1. The van der Waals surface area contributed by atoms with Gasteiger partial charge in [-0.15, -0.1) is 0 Å². The van der Waals surface area contributed by atoms with Crippen LogP contribution >= 0.6 is 11.6 Å². The van der Waals surface area contributed by atoms with Gasteiger partial charge in [-0.05, 0) is 47.9 Å². The molecule has 0 radical (unpaired) electrons. The van der Waals surface area contributed by atoms with Gasteiger partial charge in [0.25, 0.3) is 0 Å². The maximum absolute atomic E-state index is 13.3. The van der Waals surface area contributed by atoms with E-state index >= 15 is 0 Å². The van der Waals surface area contributed by atoms with E-state index in [4.69, 9.17) is 16.3 Å². The van der Waals surface area contributed by atoms with Crippen LogP contribution in [0.15, 0.2) is 78.0 Å². The van der Waals surface area contributed by atoms with Crippen LogP contribution in [0.2, 0.25) is 5.02 Å². The van der Waals surface area contributed by atoms with Crippen LogP contribution in [0.25, 0.3) is 5.65 Å². The number of benzene rings is 2. The van der Waals surface area contributed by atoms with Crippen molar-refractivity contribution in [1.29, 1.82) is 0 Å². The standard InChI is InChI=1S/C24H20ClN3O4S/c25-22-9-8-20(33(30,31)28-12-10-17-5-1-2-6-18(17)14-28)13-21(22)24(29)32-16-19-15-27-11-4-3-7-23(27)26-19/h1-9,11,13,15H,10,12,14,16H2. The fourth-order valence-corrected chi connectivity index (χ4v) is 5.56. The van der Waals surface area contributed by atoms with Gasteiger partial charge in [0.1, 0.15) is 12.3 Å². The highest BCUT2D eigenvalue weighted by molar-refractivity contribution is 7.89. The van der Waals surface area contributed by atoms with Crippen LogP contribution in [-0.4, -0.2) is 34.6 Å². The van der Waals surface area contributed by atoms with E-state index < -0.39 is 16.0 Å². The molecule has 0 spiro atoms. The number of esters is 1. The number of nitrogens with zero attached hydrogens (tertiary/aromatic N) is 3. The van der Waals surface area contributed by atoms with Crippen molar-refractivity contribution in [3.8, 4) is 0 Å². The number of hydrogen-bond acceptors (Lipinski definition) is 5. The second-order valence-electron chi connectivity index (χ2n) is 7.77. The molecule has 0 fully saturated rings. The highest BCUT2D eigenvalue weighted by atomic mass is 35.5. The summed E-state index contributed by atoms with van der Waals surface area (Å²) in [5.41, 5.74) is 3.43. The molecular formula is C24H20ClN3O4S. The van der Waals surface area contributed by atoms with E-state index in [1.807, 2.05) is 53.1 Å². The van der Waals surface area contributed by atoms with Crippen molar-refractivity contribution in [2.75, 3.05) is 6.54 Å². The third kappa shape index (κ3) is 4.25. The number of sulfonamides is 1. The minimum Gasteiger partial charge on any atom is -0.455 e. The number of carbonyl (C=O) groups excluding carboxylic acids is 1. The molecule has 3 heterocycles. The molecule has 168 valence electrons. The topological polar surface area (TPSA) is 81.0 Å². The predicted octanol–water partition coefficient (Wildman–Crippen LogP) is 4.09. The fraction of sp³-hybridized carbons (Fsp3) is 0.167. The van der Waals surface area contributed by atoms with Crippen molar-refractivity contribution in [1.82, 2.24) is 13.7 Å². The molecule has 7 nitrogen and oxygen atoms in total. The number of fused-ring (bicyclic) bond motifs is 2. The molecule has 0 atom stereocenters. The third-order valence-corrected chi connectivity index (χ3v) is 7.83. The molecule has 0 unspecified atom stereocenters. The Morgan fingerprint density at radius 3 is 2.67 bits per heavy atom. The molecule has 2 aromatic carbocycles. The SMILES string of the molecule is O=C(OCc1cn2ccccc2n1)c1cc(S(=O)(=O)N2CCc3ccccc3C2)ccc1Cl. The van der Waals surface area contributed by atoms with Crippen LogP contribution in [0.3, 0.4) is 0 Å². The first-order valence-corrected chi connectivity index (χ1v) is 12.2. The quantitative estimate of drug-likeness (QED) is 0.401. The summed E-state index contributed by atoms with van der Waals surface area (Å²) >= 11 is 6.21. The minimum absolute atomic E-state index is 0.00100. The maximum atomic E-state index is 13.3. The van der Waals surface area contributed by atoms with Gasteiger partial charge in [0.15, 0.2) is 0 Å². The first kappa shape index (κ1) is 21.6. The summed E-state index contributed by atoms with van der Waals surface area (Å²) in [6.07, 6.45) is 4.24. The van der Waals surface area contributed by atoms with Crippen molar-refractivity contribution >= 4 is 33.2 Å². The molecule has 0 bridgehead atoms. The zero-order valence-electron chi connectivity index (χ0n) is 17.5. The van der Waals surface area contributed by atoms with Crippen LogP contribution in [0.1, 0.15) is 27.2 Å². The summed E-state index contributed by atoms with van der Waals surface area (Å²) in [6.45, 7) is 0.598. The van der Waals surface area contributed by atoms with E-state index in [0.29, 0.717) is 18.7 Å². The lowest BCUT2D eigenvalue weighted by Gasteiger charge is -2.28. The Balaban J connectivity index is 1.35. The summed E-state index contributed by atoms with van der Waals surface area (Å²) in [6, 6.07) is 17.5. The number of halogens is 1. The number of carbonyl (C=O) groups is 1. The zero-order valence-corrected chi connectivity index (χ0v) is 19.1. The number of imidazole rings is 1. The Kier molecular flexibility index (Phi) is 5.65. The average molecular weight is 482 g/mol. The van der Waals surface area contributed by atoms with E-state index in [9.17, 15) is 13.2 Å². The number of ether oxygens (including phenoxy) is 1. The van der Waals surface area contributed by atoms with E-state index in [1.165, 1.54) is 22.5 Å².